The van der Waals surface area contributed by atoms with Crippen molar-refractivity contribution in [2.24, 2.45) is 16.1 Å². The fourth-order valence-electron chi connectivity index (χ4n) is 5.03. The van der Waals surface area contributed by atoms with E-state index >= 15 is 0 Å². The topological polar surface area (TPSA) is 43.7 Å². The van der Waals surface area contributed by atoms with Crippen molar-refractivity contribution in [1.29, 1.82) is 0 Å². The third kappa shape index (κ3) is 4.48. The van der Waals surface area contributed by atoms with Gasteiger partial charge < -0.3 is 19.4 Å². The van der Waals surface area contributed by atoms with E-state index in [9.17, 15) is 13.2 Å². The van der Waals surface area contributed by atoms with E-state index in [1.54, 1.807) is 13.0 Å². The lowest BCUT2D eigenvalue weighted by Crippen LogP contribution is -2.52. The largest absolute Gasteiger partial charge is 0.573 e. The Kier molecular flexibility index (Phi) is 6.20. The summed E-state index contributed by atoms with van der Waals surface area (Å²) >= 11 is 0. The molecule has 0 amide bonds. The van der Waals surface area contributed by atoms with E-state index in [-0.39, 0.29) is 5.75 Å². The minimum absolute atomic E-state index is 0.252. The highest BCUT2D eigenvalue weighted by Gasteiger charge is 2.41. The molecule has 9 heteroatoms. The smallest absolute Gasteiger partial charge is 0.406 e. The number of hydrogen-bond acceptors (Lipinski definition) is 6. The predicted octanol–water partition coefficient (Wildman–Crippen LogP) is 4.22. The van der Waals surface area contributed by atoms with Crippen molar-refractivity contribution in [1.82, 2.24) is 14.7 Å². The summed E-state index contributed by atoms with van der Waals surface area (Å²) in [6, 6.07) is 4.64. The monoisotopic (exact) mass is 449 g/mol. The van der Waals surface area contributed by atoms with Gasteiger partial charge in [-0.1, -0.05) is 13.5 Å². The van der Waals surface area contributed by atoms with Gasteiger partial charge >= 0.3 is 6.36 Å². The van der Waals surface area contributed by atoms with Crippen LogP contribution >= 0.6 is 0 Å². The van der Waals surface area contributed by atoms with Crippen LogP contribution in [0.15, 0.2) is 40.7 Å². The fraction of sp³-hybridized carbons (Fsp3) is 0.565. The number of likely N-dealkylation sites (tertiary alicyclic amines) is 2. The molecule has 0 aliphatic carbocycles. The van der Waals surface area contributed by atoms with Crippen LogP contribution in [0.1, 0.15) is 37.3 Å². The number of amidine groups is 2. The molecule has 0 bridgehead atoms. The van der Waals surface area contributed by atoms with Crippen LogP contribution < -0.4 is 4.74 Å². The number of piperidine rings is 1. The first kappa shape index (κ1) is 22.6. The SMILES string of the molecule is C=C1C(N2CCC3CCN(CCC)CC32)=NN=C(c2ccc(OC(F)(F)F)cc2C)N1C. The van der Waals surface area contributed by atoms with Crippen LogP contribution in [0.2, 0.25) is 0 Å². The van der Waals surface area contributed by atoms with Gasteiger partial charge in [-0.15, -0.1) is 23.4 Å². The summed E-state index contributed by atoms with van der Waals surface area (Å²) in [6.45, 7) is 12.4. The highest BCUT2D eigenvalue weighted by molar-refractivity contribution is 6.10. The maximum absolute atomic E-state index is 12.5. The average molecular weight is 450 g/mol. The Balaban J connectivity index is 1.57. The minimum atomic E-state index is -4.72. The van der Waals surface area contributed by atoms with E-state index < -0.39 is 6.36 Å². The molecule has 2 saturated heterocycles. The summed E-state index contributed by atoms with van der Waals surface area (Å²) < 4.78 is 41.6. The van der Waals surface area contributed by atoms with Gasteiger partial charge in [-0.2, -0.15) is 0 Å². The number of fused-ring (bicyclic) bond motifs is 1. The van der Waals surface area contributed by atoms with E-state index in [0.717, 1.165) is 50.6 Å². The van der Waals surface area contributed by atoms with Crippen molar-refractivity contribution in [3.63, 3.8) is 0 Å². The quantitative estimate of drug-likeness (QED) is 0.691. The Labute approximate surface area is 187 Å². The number of alkyl halides is 3. The molecule has 0 N–H and O–H groups in total. The summed E-state index contributed by atoms with van der Waals surface area (Å²) in [5.41, 5.74) is 2.06. The van der Waals surface area contributed by atoms with Gasteiger partial charge in [-0.05, 0) is 69.0 Å². The van der Waals surface area contributed by atoms with E-state index in [4.69, 9.17) is 0 Å². The van der Waals surface area contributed by atoms with E-state index in [1.165, 1.54) is 18.6 Å². The molecule has 1 aromatic carbocycles. The zero-order valence-electron chi connectivity index (χ0n) is 18.8. The van der Waals surface area contributed by atoms with Gasteiger partial charge in [0.1, 0.15) is 5.75 Å². The Bertz CT molecular complexity index is 942. The molecule has 0 saturated carbocycles. The molecular formula is C23H30F3N5O. The van der Waals surface area contributed by atoms with Gasteiger partial charge in [-0.3, -0.25) is 0 Å². The number of ether oxygens (including phenoxy) is 1. The molecule has 3 aliphatic heterocycles. The van der Waals surface area contributed by atoms with Gasteiger partial charge in [0.25, 0.3) is 0 Å². The van der Waals surface area contributed by atoms with Crippen LogP contribution in [0.5, 0.6) is 5.75 Å². The summed E-state index contributed by atoms with van der Waals surface area (Å²) in [7, 11) is 1.87. The lowest BCUT2D eigenvalue weighted by atomic mass is 9.92. The normalized spacial score (nSPS) is 24.4. The van der Waals surface area contributed by atoms with Crippen LogP contribution in [-0.4, -0.2) is 72.0 Å². The van der Waals surface area contributed by atoms with Gasteiger partial charge in [-0.25, -0.2) is 0 Å². The molecule has 6 nitrogen and oxygen atoms in total. The molecule has 32 heavy (non-hydrogen) atoms. The molecule has 1 aromatic rings. The van der Waals surface area contributed by atoms with Crippen molar-refractivity contribution < 1.29 is 17.9 Å². The minimum Gasteiger partial charge on any atom is -0.406 e. The average Bonchev–Trinajstić information content (AvgIpc) is 3.13. The summed E-state index contributed by atoms with van der Waals surface area (Å²) in [5.74, 6) is 1.76. The maximum atomic E-state index is 12.5. The molecular weight excluding hydrogens is 419 g/mol. The third-order valence-corrected chi connectivity index (χ3v) is 6.65. The number of benzene rings is 1. The van der Waals surface area contributed by atoms with E-state index in [0.29, 0.717) is 28.9 Å². The highest BCUT2D eigenvalue weighted by Crippen LogP contribution is 2.34. The second-order valence-electron chi connectivity index (χ2n) is 8.78. The molecule has 0 aromatic heterocycles. The van der Waals surface area contributed by atoms with Gasteiger partial charge in [0.2, 0.25) is 0 Å². The highest BCUT2D eigenvalue weighted by atomic mass is 19.4. The first-order valence-electron chi connectivity index (χ1n) is 11.1. The number of halogens is 3. The molecule has 4 rings (SSSR count). The van der Waals surface area contributed by atoms with Gasteiger partial charge in [0.15, 0.2) is 11.7 Å². The second kappa shape index (κ2) is 8.77. The Morgan fingerprint density at radius 1 is 1.16 bits per heavy atom. The van der Waals surface area contributed by atoms with Crippen molar-refractivity contribution in [2.45, 2.75) is 45.5 Å². The number of likely N-dealkylation sites (N-methyl/N-ethyl adjacent to an activating group) is 1. The van der Waals surface area contributed by atoms with Crippen LogP contribution in [-0.2, 0) is 0 Å². The molecule has 174 valence electrons. The molecule has 2 atom stereocenters. The van der Waals surface area contributed by atoms with E-state index in [1.807, 2.05) is 11.9 Å². The van der Waals surface area contributed by atoms with Crippen LogP contribution in [0.3, 0.4) is 0 Å². The Hall–Kier alpha value is -2.55. The molecule has 2 fully saturated rings. The zero-order chi connectivity index (χ0) is 23.0. The van der Waals surface area contributed by atoms with Crippen molar-refractivity contribution in [2.75, 3.05) is 33.2 Å². The lowest BCUT2D eigenvalue weighted by molar-refractivity contribution is -0.274. The molecule has 3 aliphatic rings. The molecule has 2 unspecified atom stereocenters. The summed E-state index contributed by atoms with van der Waals surface area (Å²) in [5, 5.41) is 9.01. The number of hydrogen-bond donors (Lipinski definition) is 0. The van der Waals surface area contributed by atoms with Crippen molar-refractivity contribution in [3.8, 4) is 5.75 Å². The van der Waals surface area contributed by atoms with Crippen LogP contribution in [0, 0.1) is 12.8 Å². The Morgan fingerprint density at radius 2 is 1.88 bits per heavy atom. The zero-order valence-corrected chi connectivity index (χ0v) is 18.8. The first-order valence-corrected chi connectivity index (χ1v) is 11.1. The predicted molar refractivity (Wildman–Crippen MR) is 119 cm³/mol. The molecule has 0 spiro atoms. The van der Waals surface area contributed by atoms with Gasteiger partial charge in [0, 0.05) is 31.7 Å². The van der Waals surface area contributed by atoms with Crippen molar-refractivity contribution >= 4 is 11.7 Å². The first-order chi connectivity index (χ1) is 15.2. The summed E-state index contributed by atoms with van der Waals surface area (Å²) in [4.78, 5) is 6.74. The number of rotatable bonds is 4. The Morgan fingerprint density at radius 3 is 2.56 bits per heavy atom. The number of nitrogens with zero attached hydrogens (tertiary/aromatic N) is 5. The van der Waals surface area contributed by atoms with Gasteiger partial charge in [0.05, 0.1) is 5.70 Å². The second-order valence-corrected chi connectivity index (χ2v) is 8.78. The summed E-state index contributed by atoms with van der Waals surface area (Å²) in [6.07, 6.45) is -1.22. The van der Waals surface area contributed by atoms with Crippen LogP contribution in [0.4, 0.5) is 13.2 Å². The van der Waals surface area contributed by atoms with E-state index in [2.05, 4.69) is 38.2 Å². The molecule has 3 heterocycles. The maximum Gasteiger partial charge on any atom is 0.573 e. The van der Waals surface area contributed by atoms with Crippen LogP contribution in [0.25, 0.3) is 0 Å². The third-order valence-electron chi connectivity index (χ3n) is 6.65. The number of aryl methyl sites for hydroxylation is 1. The lowest BCUT2D eigenvalue weighted by Gasteiger charge is -2.41. The van der Waals surface area contributed by atoms with Crippen molar-refractivity contribution in [3.05, 3.63) is 41.6 Å². The fourth-order valence-corrected chi connectivity index (χ4v) is 5.03. The standard InChI is InChI=1S/C23H30F3N5O/c1-5-10-30-11-8-17-9-12-31(20(17)14-30)21-16(3)29(4)22(28-27-21)19-7-6-18(13-15(19)2)32-23(24,25)26/h6-7,13,17,20H,3,5,8-12,14H2,1-2,4H3. The molecule has 0 radical (unpaired) electrons.